The van der Waals surface area contributed by atoms with Crippen LogP contribution in [-0.4, -0.2) is 11.7 Å². The zero-order valence-corrected chi connectivity index (χ0v) is 12.0. The number of fused-ring (bicyclic) bond motifs is 1. The maximum atomic E-state index is 10.3. The van der Waals surface area contributed by atoms with Gasteiger partial charge in [0.15, 0.2) is 0 Å². The van der Waals surface area contributed by atoms with E-state index in [9.17, 15) is 5.11 Å². The molecule has 0 saturated carbocycles. The molecule has 1 atom stereocenters. The fraction of sp³-hybridized carbons (Fsp3) is 0.571. The molecule has 0 radical (unpaired) electrons. The van der Waals surface area contributed by atoms with E-state index in [0.717, 1.165) is 41.7 Å². The molecule has 0 bridgehead atoms. The van der Waals surface area contributed by atoms with Gasteiger partial charge in [-0.05, 0) is 36.5 Å². The first-order chi connectivity index (χ1) is 8.08. The first-order valence-electron chi connectivity index (χ1n) is 6.21. The van der Waals surface area contributed by atoms with Gasteiger partial charge in [-0.3, -0.25) is 0 Å². The lowest BCUT2D eigenvalue weighted by Gasteiger charge is -2.16. The number of benzene rings is 1. The smallest absolute Gasteiger partial charge is 0.128 e. The Hall–Kier alpha value is -0.540. The molecule has 0 fully saturated rings. The van der Waals surface area contributed by atoms with Crippen LogP contribution in [0.3, 0.4) is 0 Å². The highest BCUT2D eigenvalue weighted by Crippen LogP contribution is 2.38. The number of rotatable bonds is 4. The van der Waals surface area contributed by atoms with Gasteiger partial charge in [0.2, 0.25) is 0 Å². The summed E-state index contributed by atoms with van der Waals surface area (Å²) in [6, 6.07) is 4.07. The van der Waals surface area contributed by atoms with E-state index in [2.05, 4.69) is 35.8 Å². The topological polar surface area (TPSA) is 29.5 Å². The Balaban J connectivity index is 2.20. The van der Waals surface area contributed by atoms with Crippen LogP contribution in [0.1, 0.15) is 43.9 Å². The highest BCUT2D eigenvalue weighted by molar-refractivity contribution is 9.10. The van der Waals surface area contributed by atoms with Gasteiger partial charge in [0.1, 0.15) is 5.75 Å². The molecule has 94 valence electrons. The van der Waals surface area contributed by atoms with Gasteiger partial charge < -0.3 is 9.84 Å². The molecule has 0 aromatic heterocycles. The Morgan fingerprint density at radius 1 is 1.35 bits per heavy atom. The van der Waals surface area contributed by atoms with Gasteiger partial charge >= 0.3 is 0 Å². The molecule has 1 aliphatic heterocycles. The van der Waals surface area contributed by atoms with Crippen LogP contribution in [0.25, 0.3) is 0 Å². The van der Waals surface area contributed by atoms with E-state index in [1.807, 2.05) is 6.07 Å². The van der Waals surface area contributed by atoms with Crippen LogP contribution in [0.15, 0.2) is 16.6 Å². The normalized spacial score (nSPS) is 15.8. The number of aliphatic hydroxyl groups excluding tert-OH is 1. The van der Waals surface area contributed by atoms with Crippen molar-refractivity contribution in [1.82, 2.24) is 0 Å². The zero-order chi connectivity index (χ0) is 12.4. The number of hydrogen-bond donors (Lipinski definition) is 1. The van der Waals surface area contributed by atoms with Gasteiger partial charge in [0, 0.05) is 16.5 Å². The van der Waals surface area contributed by atoms with E-state index in [4.69, 9.17) is 4.74 Å². The van der Waals surface area contributed by atoms with Crippen molar-refractivity contribution in [3.8, 4) is 5.75 Å². The Morgan fingerprint density at radius 2 is 2.12 bits per heavy atom. The third-order valence-corrected chi connectivity index (χ3v) is 3.61. The summed E-state index contributed by atoms with van der Waals surface area (Å²) in [4.78, 5) is 0. The van der Waals surface area contributed by atoms with Gasteiger partial charge in [-0.15, -0.1) is 0 Å². The molecule has 0 spiro atoms. The van der Waals surface area contributed by atoms with Crippen molar-refractivity contribution in [3.63, 3.8) is 0 Å². The van der Waals surface area contributed by atoms with Crippen molar-refractivity contribution in [2.24, 2.45) is 5.92 Å². The lowest BCUT2D eigenvalue weighted by molar-refractivity contribution is 0.155. The van der Waals surface area contributed by atoms with Gasteiger partial charge in [0.25, 0.3) is 0 Å². The minimum absolute atomic E-state index is 0.415. The molecule has 17 heavy (non-hydrogen) atoms. The molecule has 0 amide bonds. The lowest BCUT2D eigenvalue weighted by Crippen LogP contribution is -2.02. The van der Waals surface area contributed by atoms with Gasteiger partial charge in [-0.2, -0.15) is 0 Å². The second kappa shape index (κ2) is 5.40. The minimum atomic E-state index is -0.415. The maximum absolute atomic E-state index is 10.3. The first-order valence-corrected chi connectivity index (χ1v) is 7.00. The van der Waals surface area contributed by atoms with Crippen LogP contribution in [0.2, 0.25) is 0 Å². The summed E-state index contributed by atoms with van der Waals surface area (Å²) in [7, 11) is 0. The standard InChI is InChI=1S/C14H19BrO2/c1-9(2)3-4-13(16)12-8-11(15)7-10-5-6-17-14(10)12/h7-9,13,16H,3-6H2,1-2H3. The van der Waals surface area contributed by atoms with Crippen molar-refractivity contribution >= 4 is 15.9 Å². The molecule has 0 saturated heterocycles. The van der Waals surface area contributed by atoms with E-state index in [1.165, 1.54) is 5.56 Å². The molecule has 1 N–H and O–H groups in total. The molecular weight excluding hydrogens is 280 g/mol. The lowest BCUT2D eigenvalue weighted by atomic mass is 9.97. The summed E-state index contributed by atoms with van der Waals surface area (Å²) < 4.78 is 6.66. The van der Waals surface area contributed by atoms with Crippen LogP contribution < -0.4 is 4.74 Å². The average Bonchev–Trinajstić information content (AvgIpc) is 2.72. The Kier molecular flexibility index (Phi) is 4.10. The zero-order valence-electron chi connectivity index (χ0n) is 10.4. The van der Waals surface area contributed by atoms with Crippen LogP contribution in [0, 0.1) is 5.92 Å². The number of hydrogen-bond acceptors (Lipinski definition) is 2. The monoisotopic (exact) mass is 298 g/mol. The second-order valence-corrected chi connectivity index (χ2v) is 5.98. The Labute approximate surface area is 111 Å². The van der Waals surface area contributed by atoms with Gasteiger partial charge in [0.05, 0.1) is 12.7 Å². The van der Waals surface area contributed by atoms with Gasteiger partial charge in [-0.25, -0.2) is 0 Å². The molecule has 1 aromatic carbocycles. The van der Waals surface area contributed by atoms with Crippen molar-refractivity contribution < 1.29 is 9.84 Å². The predicted molar refractivity (Wildman–Crippen MR) is 72.4 cm³/mol. The highest BCUT2D eigenvalue weighted by Gasteiger charge is 2.22. The largest absolute Gasteiger partial charge is 0.493 e. The van der Waals surface area contributed by atoms with Crippen molar-refractivity contribution in [1.29, 1.82) is 0 Å². The van der Waals surface area contributed by atoms with Crippen LogP contribution in [0.5, 0.6) is 5.75 Å². The number of aliphatic hydroxyl groups is 1. The molecule has 2 nitrogen and oxygen atoms in total. The summed E-state index contributed by atoms with van der Waals surface area (Å²) in [6.45, 7) is 5.08. The van der Waals surface area contributed by atoms with Crippen LogP contribution in [-0.2, 0) is 6.42 Å². The van der Waals surface area contributed by atoms with E-state index in [1.54, 1.807) is 0 Å². The van der Waals surface area contributed by atoms with Crippen LogP contribution >= 0.6 is 15.9 Å². The molecule has 1 aromatic rings. The molecule has 1 aliphatic rings. The molecular formula is C14H19BrO2. The predicted octanol–water partition coefficient (Wildman–Crippen LogP) is 3.85. The van der Waals surface area contributed by atoms with E-state index >= 15 is 0 Å². The SMILES string of the molecule is CC(C)CCC(O)c1cc(Br)cc2c1OCC2. The second-order valence-electron chi connectivity index (χ2n) is 5.07. The third kappa shape index (κ3) is 3.02. The first kappa shape index (κ1) is 12.9. The van der Waals surface area contributed by atoms with E-state index in [-0.39, 0.29) is 0 Å². The summed E-state index contributed by atoms with van der Waals surface area (Å²) in [5, 5.41) is 10.3. The molecule has 3 heteroatoms. The Morgan fingerprint density at radius 3 is 2.82 bits per heavy atom. The summed E-state index contributed by atoms with van der Waals surface area (Å²) in [6.07, 6.45) is 2.35. The van der Waals surface area contributed by atoms with Crippen molar-refractivity contribution in [2.45, 2.75) is 39.2 Å². The minimum Gasteiger partial charge on any atom is -0.493 e. The van der Waals surface area contributed by atoms with Crippen molar-refractivity contribution in [2.75, 3.05) is 6.61 Å². The summed E-state index contributed by atoms with van der Waals surface area (Å²) in [5.41, 5.74) is 2.14. The fourth-order valence-corrected chi connectivity index (χ4v) is 2.72. The molecule has 1 heterocycles. The maximum Gasteiger partial charge on any atom is 0.128 e. The van der Waals surface area contributed by atoms with E-state index < -0.39 is 6.10 Å². The summed E-state index contributed by atoms with van der Waals surface area (Å²) in [5.74, 6) is 1.52. The average molecular weight is 299 g/mol. The van der Waals surface area contributed by atoms with Gasteiger partial charge in [-0.1, -0.05) is 29.8 Å². The number of halogens is 1. The molecule has 2 rings (SSSR count). The quantitative estimate of drug-likeness (QED) is 0.915. The highest BCUT2D eigenvalue weighted by atomic mass is 79.9. The number of ether oxygens (including phenoxy) is 1. The Bertz CT molecular complexity index is 401. The van der Waals surface area contributed by atoms with Crippen molar-refractivity contribution in [3.05, 3.63) is 27.7 Å². The fourth-order valence-electron chi connectivity index (χ4n) is 2.19. The summed E-state index contributed by atoms with van der Waals surface area (Å²) >= 11 is 3.50. The van der Waals surface area contributed by atoms with Crippen LogP contribution in [0.4, 0.5) is 0 Å². The molecule has 1 unspecified atom stereocenters. The van der Waals surface area contributed by atoms with E-state index in [0.29, 0.717) is 5.92 Å². The molecule has 0 aliphatic carbocycles. The third-order valence-electron chi connectivity index (χ3n) is 3.15.